The minimum atomic E-state index is -4.47. The van der Waals surface area contributed by atoms with E-state index < -0.39 is 17.6 Å². The zero-order chi connectivity index (χ0) is 24.1. The fourth-order valence-corrected chi connectivity index (χ4v) is 3.50. The minimum Gasteiger partial charge on any atom is -0.327 e. The Bertz CT molecular complexity index is 1400. The van der Waals surface area contributed by atoms with Crippen molar-refractivity contribution < 1.29 is 18.0 Å². The number of hydrogen-bond donors (Lipinski definition) is 1. The molecule has 1 heterocycles. The van der Waals surface area contributed by atoms with Crippen LogP contribution in [0.2, 0.25) is 0 Å². The maximum atomic E-state index is 13.1. The van der Waals surface area contributed by atoms with Crippen LogP contribution < -0.4 is 5.56 Å². The molecule has 0 saturated carbocycles. The lowest BCUT2D eigenvalue weighted by Gasteiger charge is -2.21. The number of amides is 1. The standard InChI is InChI=1S/C26H20F3N3O2/c27-26(28,29)20-10-6-9-18(15-20)13-14-24(33)32(16-19-7-2-1-3-8-19)17-23-30-22-12-5-4-11-21(22)25(34)31-23/h1-15H,16-17H2,(H,30,31,34)/b14-13+. The van der Waals surface area contributed by atoms with Crippen LogP contribution in [-0.2, 0) is 24.1 Å². The number of aromatic amines is 1. The number of nitrogens with zero attached hydrogens (tertiary/aromatic N) is 2. The Hall–Kier alpha value is -4.20. The summed E-state index contributed by atoms with van der Waals surface area (Å²) in [4.78, 5) is 34.1. The zero-order valence-corrected chi connectivity index (χ0v) is 17.9. The quantitative estimate of drug-likeness (QED) is 0.401. The molecule has 1 aromatic heterocycles. The lowest BCUT2D eigenvalue weighted by Crippen LogP contribution is -2.30. The first kappa shape index (κ1) is 23.0. The van der Waals surface area contributed by atoms with E-state index in [4.69, 9.17) is 0 Å². The molecule has 0 unspecified atom stereocenters. The van der Waals surface area contributed by atoms with Gasteiger partial charge in [0.1, 0.15) is 5.82 Å². The third-order valence-electron chi connectivity index (χ3n) is 5.16. The Kier molecular flexibility index (Phi) is 6.58. The highest BCUT2D eigenvalue weighted by atomic mass is 19.4. The summed E-state index contributed by atoms with van der Waals surface area (Å²) in [7, 11) is 0. The summed E-state index contributed by atoms with van der Waals surface area (Å²) in [6.45, 7) is 0.240. The number of nitrogens with one attached hydrogen (secondary N) is 1. The summed E-state index contributed by atoms with van der Waals surface area (Å²) >= 11 is 0. The van der Waals surface area contributed by atoms with Crippen LogP contribution in [0.1, 0.15) is 22.5 Å². The summed E-state index contributed by atoms with van der Waals surface area (Å²) < 4.78 is 39.0. The number of fused-ring (bicyclic) bond motifs is 1. The van der Waals surface area contributed by atoms with Crippen molar-refractivity contribution in [3.05, 3.63) is 118 Å². The molecule has 4 rings (SSSR count). The number of hydrogen-bond acceptors (Lipinski definition) is 3. The van der Waals surface area contributed by atoms with Crippen molar-refractivity contribution in [3.8, 4) is 0 Å². The van der Waals surface area contributed by atoms with Crippen LogP contribution in [0.3, 0.4) is 0 Å². The van der Waals surface area contributed by atoms with Crippen molar-refractivity contribution in [2.45, 2.75) is 19.3 Å². The maximum Gasteiger partial charge on any atom is 0.416 e. The normalized spacial score (nSPS) is 11.7. The van der Waals surface area contributed by atoms with Gasteiger partial charge in [-0.25, -0.2) is 4.98 Å². The van der Waals surface area contributed by atoms with Crippen LogP contribution in [0.15, 0.2) is 89.7 Å². The van der Waals surface area contributed by atoms with Gasteiger partial charge in [0.25, 0.3) is 5.56 Å². The van der Waals surface area contributed by atoms with Gasteiger partial charge in [0.15, 0.2) is 0 Å². The van der Waals surface area contributed by atoms with Crippen molar-refractivity contribution in [3.63, 3.8) is 0 Å². The van der Waals surface area contributed by atoms with Gasteiger partial charge in [-0.1, -0.05) is 54.6 Å². The fraction of sp³-hybridized carbons (Fsp3) is 0.115. The molecular formula is C26H20F3N3O2. The van der Waals surface area contributed by atoms with Crippen molar-refractivity contribution in [1.82, 2.24) is 14.9 Å². The average Bonchev–Trinajstić information content (AvgIpc) is 2.82. The molecule has 1 amide bonds. The highest BCUT2D eigenvalue weighted by Gasteiger charge is 2.30. The number of halogens is 3. The Morgan fingerprint density at radius 2 is 1.68 bits per heavy atom. The molecule has 0 spiro atoms. The van der Waals surface area contributed by atoms with E-state index in [-0.39, 0.29) is 24.2 Å². The Morgan fingerprint density at radius 1 is 0.941 bits per heavy atom. The molecule has 0 saturated heterocycles. The van der Waals surface area contributed by atoms with Crippen LogP contribution in [0.5, 0.6) is 0 Å². The molecule has 0 fully saturated rings. The monoisotopic (exact) mass is 463 g/mol. The van der Waals surface area contributed by atoms with E-state index in [2.05, 4.69) is 9.97 Å². The van der Waals surface area contributed by atoms with Gasteiger partial charge in [0.2, 0.25) is 5.91 Å². The van der Waals surface area contributed by atoms with E-state index >= 15 is 0 Å². The second-order valence-corrected chi connectivity index (χ2v) is 7.67. The molecule has 0 bridgehead atoms. The number of para-hydroxylation sites is 1. The van der Waals surface area contributed by atoms with Crippen molar-refractivity contribution in [1.29, 1.82) is 0 Å². The minimum absolute atomic E-state index is 0.0146. The molecule has 4 aromatic rings. The van der Waals surface area contributed by atoms with Gasteiger partial charge in [-0.15, -0.1) is 0 Å². The summed E-state index contributed by atoms with van der Waals surface area (Å²) in [5.41, 5.74) is 0.507. The third kappa shape index (κ3) is 5.58. The fourth-order valence-electron chi connectivity index (χ4n) is 3.50. The molecule has 0 aliphatic heterocycles. The van der Waals surface area contributed by atoms with Crippen LogP contribution in [0.25, 0.3) is 17.0 Å². The van der Waals surface area contributed by atoms with Gasteiger partial charge in [-0.3, -0.25) is 9.59 Å². The number of carbonyl (C=O) groups excluding carboxylic acids is 1. The third-order valence-corrected chi connectivity index (χ3v) is 5.16. The number of rotatable bonds is 6. The molecule has 8 heteroatoms. The summed E-state index contributed by atoms with van der Waals surface area (Å²) in [5, 5.41) is 0.441. The molecule has 0 atom stereocenters. The Labute approximate surface area is 193 Å². The lowest BCUT2D eigenvalue weighted by atomic mass is 10.1. The SMILES string of the molecule is O=C(/C=C/c1cccc(C(F)(F)F)c1)N(Cc1ccccc1)Cc1nc2ccccc2c(=O)[nH]1. The molecule has 0 radical (unpaired) electrons. The molecule has 0 aliphatic rings. The predicted octanol–water partition coefficient (Wildman–Crippen LogP) is 5.18. The highest BCUT2D eigenvalue weighted by molar-refractivity contribution is 5.91. The summed E-state index contributed by atoms with van der Waals surface area (Å²) in [6.07, 6.45) is -1.91. The molecular weight excluding hydrogens is 443 g/mol. The van der Waals surface area contributed by atoms with E-state index in [1.807, 2.05) is 30.3 Å². The number of benzene rings is 3. The zero-order valence-electron chi connectivity index (χ0n) is 17.9. The molecule has 1 N–H and O–H groups in total. The van der Waals surface area contributed by atoms with Gasteiger partial charge in [0, 0.05) is 12.6 Å². The van der Waals surface area contributed by atoms with Crippen LogP contribution in [-0.4, -0.2) is 20.8 Å². The largest absolute Gasteiger partial charge is 0.416 e. The van der Waals surface area contributed by atoms with E-state index in [0.29, 0.717) is 16.7 Å². The predicted molar refractivity (Wildman–Crippen MR) is 124 cm³/mol. The number of H-pyrrole nitrogens is 1. The molecule has 34 heavy (non-hydrogen) atoms. The van der Waals surface area contributed by atoms with Crippen molar-refractivity contribution in [2.24, 2.45) is 0 Å². The maximum absolute atomic E-state index is 13.1. The molecule has 0 aliphatic carbocycles. The van der Waals surface area contributed by atoms with Crippen LogP contribution in [0.4, 0.5) is 13.2 Å². The van der Waals surface area contributed by atoms with Gasteiger partial charge >= 0.3 is 6.18 Å². The first-order chi connectivity index (χ1) is 16.3. The van der Waals surface area contributed by atoms with E-state index in [9.17, 15) is 22.8 Å². The molecule has 5 nitrogen and oxygen atoms in total. The second-order valence-electron chi connectivity index (χ2n) is 7.67. The van der Waals surface area contributed by atoms with Gasteiger partial charge in [-0.05, 0) is 41.5 Å². The Balaban J connectivity index is 1.62. The average molecular weight is 463 g/mol. The summed E-state index contributed by atoms with van der Waals surface area (Å²) in [6, 6.07) is 20.9. The number of carbonyl (C=O) groups is 1. The topological polar surface area (TPSA) is 66.1 Å². The first-order valence-corrected chi connectivity index (χ1v) is 10.5. The van der Waals surface area contributed by atoms with Crippen LogP contribution in [0, 0.1) is 0 Å². The smallest absolute Gasteiger partial charge is 0.327 e. The lowest BCUT2D eigenvalue weighted by molar-refractivity contribution is -0.137. The molecule has 172 valence electrons. The van der Waals surface area contributed by atoms with E-state index in [0.717, 1.165) is 17.7 Å². The second kappa shape index (κ2) is 9.74. The van der Waals surface area contributed by atoms with Crippen LogP contribution >= 0.6 is 0 Å². The van der Waals surface area contributed by atoms with Gasteiger partial charge in [-0.2, -0.15) is 13.2 Å². The number of aromatic nitrogens is 2. The van der Waals surface area contributed by atoms with Gasteiger partial charge in [0.05, 0.1) is 23.0 Å². The van der Waals surface area contributed by atoms with E-state index in [1.54, 1.807) is 24.3 Å². The molecule has 3 aromatic carbocycles. The van der Waals surface area contributed by atoms with Crippen molar-refractivity contribution in [2.75, 3.05) is 0 Å². The highest BCUT2D eigenvalue weighted by Crippen LogP contribution is 2.29. The number of alkyl halides is 3. The Morgan fingerprint density at radius 3 is 2.44 bits per heavy atom. The summed E-state index contributed by atoms with van der Waals surface area (Å²) in [5.74, 6) is -0.127. The van der Waals surface area contributed by atoms with Crippen molar-refractivity contribution >= 4 is 22.9 Å². The van der Waals surface area contributed by atoms with Gasteiger partial charge < -0.3 is 9.88 Å². The van der Waals surface area contributed by atoms with E-state index in [1.165, 1.54) is 29.2 Å². The first-order valence-electron chi connectivity index (χ1n) is 10.5.